The fourth-order valence-corrected chi connectivity index (χ4v) is 2.27. The van der Waals surface area contributed by atoms with E-state index in [0.717, 1.165) is 17.2 Å². The summed E-state index contributed by atoms with van der Waals surface area (Å²) in [7, 11) is 3.49. The first-order valence-electron chi connectivity index (χ1n) is 6.08. The fourth-order valence-electron chi connectivity index (χ4n) is 1.85. The van der Waals surface area contributed by atoms with Crippen molar-refractivity contribution in [2.75, 3.05) is 12.4 Å². The molecule has 0 aliphatic carbocycles. The highest BCUT2D eigenvalue weighted by molar-refractivity contribution is 6.41. The molecule has 0 fully saturated rings. The molecule has 1 N–H and O–H groups in total. The van der Waals surface area contributed by atoms with Crippen LogP contribution in [0.1, 0.15) is 17.2 Å². The molecule has 0 aliphatic heterocycles. The first-order valence-corrected chi connectivity index (χ1v) is 6.84. The van der Waals surface area contributed by atoms with Crippen molar-refractivity contribution in [3.8, 4) is 0 Å². The largest absolute Gasteiger partial charge is 0.377 e. The van der Waals surface area contributed by atoms with Crippen molar-refractivity contribution < 1.29 is 4.74 Å². The summed E-state index contributed by atoms with van der Waals surface area (Å²) in [5.41, 5.74) is 1.86. The smallest absolute Gasteiger partial charge is 0.156 e. The summed E-state index contributed by atoms with van der Waals surface area (Å²) >= 11 is 12.0. The van der Waals surface area contributed by atoms with E-state index in [4.69, 9.17) is 27.9 Å². The summed E-state index contributed by atoms with van der Waals surface area (Å²) in [5, 5.41) is 4.31. The average molecular weight is 315 g/mol. The first kappa shape index (κ1) is 15.1. The van der Waals surface area contributed by atoms with E-state index in [2.05, 4.69) is 15.3 Å². The summed E-state index contributed by atoms with van der Waals surface area (Å²) in [6.45, 7) is 2.88. The number of ether oxygens (including phenoxy) is 1. The molecule has 0 unspecified atom stereocenters. The Hall–Kier alpha value is -1.30. The predicted octanol–water partition coefficient (Wildman–Crippen LogP) is 3.19. The van der Waals surface area contributed by atoms with Gasteiger partial charge in [-0.2, -0.15) is 0 Å². The zero-order valence-electron chi connectivity index (χ0n) is 11.6. The first-order chi connectivity index (χ1) is 9.51. The van der Waals surface area contributed by atoms with Crippen LogP contribution in [0.5, 0.6) is 0 Å². The maximum absolute atomic E-state index is 6.03. The summed E-state index contributed by atoms with van der Waals surface area (Å²) in [6, 6.07) is 3.71. The Morgan fingerprint density at radius 1 is 1.30 bits per heavy atom. The molecule has 2 aromatic heterocycles. The number of methoxy groups -OCH3 is 1. The van der Waals surface area contributed by atoms with Gasteiger partial charge in [-0.15, -0.1) is 0 Å². The van der Waals surface area contributed by atoms with Crippen LogP contribution in [0, 0.1) is 6.92 Å². The number of halogens is 2. The maximum Gasteiger partial charge on any atom is 0.156 e. The fraction of sp³-hybridized carbons (Fsp3) is 0.385. The van der Waals surface area contributed by atoms with Gasteiger partial charge in [0.1, 0.15) is 17.6 Å². The maximum atomic E-state index is 6.03. The van der Waals surface area contributed by atoms with Gasteiger partial charge in [0.05, 0.1) is 11.6 Å². The number of aryl methyl sites for hydroxylation is 1. The monoisotopic (exact) mass is 314 g/mol. The molecule has 108 valence electrons. The van der Waals surface area contributed by atoms with E-state index < -0.39 is 0 Å². The van der Waals surface area contributed by atoms with Gasteiger partial charge in [0.25, 0.3) is 0 Å². The van der Waals surface area contributed by atoms with Crippen LogP contribution < -0.4 is 5.32 Å². The van der Waals surface area contributed by atoms with E-state index in [1.807, 2.05) is 30.7 Å². The number of hydrogen-bond donors (Lipinski definition) is 1. The van der Waals surface area contributed by atoms with Crippen molar-refractivity contribution in [1.29, 1.82) is 0 Å². The van der Waals surface area contributed by atoms with Crippen LogP contribution in [0.4, 0.5) is 5.82 Å². The second-order valence-electron chi connectivity index (χ2n) is 4.43. The third kappa shape index (κ3) is 3.42. The molecule has 2 rings (SSSR count). The second-order valence-corrected chi connectivity index (χ2v) is 5.20. The molecule has 2 heterocycles. The van der Waals surface area contributed by atoms with Crippen molar-refractivity contribution in [2.24, 2.45) is 7.05 Å². The number of nitrogens with zero attached hydrogens (tertiary/aromatic N) is 3. The Bertz CT molecular complexity index is 613. The molecule has 0 atom stereocenters. The van der Waals surface area contributed by atoms with E-state index in [9.17, 15) is 0 Å². The third-order valence-corrected chi connectivity index (χ3v) is 3.68. The Morgan fingerprint density at radius 3 is 2.65 bits per heavy atom. The van der Waals surface area contributed by atoms with Gasteiger partial charge in [-0.05, 0) is 13.0 Å². The second kappa shape index (κ2) is 6.43. The van der Waals surface area contributed by atoms with Crippen LogP contribution in [0.25, 0.3) is 0 Å². The highest BCUT2D eigenvalue weighted by Crippen LogP contribution is 2.25. The number of anilines is 1. The Kier molecular flexibility index (Phi) is 4.86. The van der Waals surface area contributed by atoms with Crippen LogP contribution in [-0.2, 0) is 24.9 Å². The van der Waals surface area contributed by atoms with Gasteiger partial charge < -0.3 is 14.6 Å². The molecular formula is C13H16Cl2N4O. The lowest BCUT2D eigenvalue weighted by atomic mass is 10.4. The van der Waals surface area contributed by atoms with E-state index in [1.165, 1.54) is 0 Å². The van der Waals surface area contributed by atoms with Crippen LogP contribution >= 0.6 is 23.2 Å². The van der Waals surface area contributed by atoms with Gasteiger partial charge in [0.2, 0.25) is 0 Å². The van der Waals surface area contributed by atoms with Gasteiger partial charge >= 0.3 is 0 Å². The Balaban J connectivity index is 2.12. The van der Waals surface area contributed by atoms with Crippen molar-refractivity contribution >= 4 is 29.0 Å². The number of hydrogen-bond acceptors (Lipinski definition) is 4. The molecule has 0 saturated carbocycles. The van der Waals surface area contributed by atoms with Gasteiger partial charge in [0.15, 0.2) is 5.82 Å². The highest BCUT2D eigenvalue weighted by atomic mass is 35.5. The van der Waals surface area contributed by atoms with E-state index in [0.29, 0.717) is 29.2 Å². The molecule has 0 aliphatic rings. The molecule has 0 radical (unpaired) electrons. The van der Waals surface area contributed by atoms with Gasteiger partial charge in [-0.1, -0.05) is 23.2 Å². The zero-order chi connectivity index (χ0) is 14.7. The third-order valence-electron chi connectivity index (χ3n) is 2.84. The molecule has 0 saturated heterocycles. The topological polar surface area (TPSA) is 52.0 Å². The Labute approximate surface area is 127 Å². The van der Waals surface area contributed by atoms with E-state index in [-0.39, 0.29) is 0 Å². The Morgan fingerprint density at radius 2 is 2.05 bits per heavy atom. The lowest BCUT2D eigenvalue weighted by Crippen LogP contribution is -2.08. The summed E-state index contributed by atoms with van der Waals surface area (Å²) in [6.07, 6.45) is 0. The van der Waals surface area contributed by atoms with Gasteiger partial charge in [0, 0.05) is 31.6 Å². The summed E-state index contributed by atoms with van der Waals surface area (Å²) in [4.78, 5) is 8.67. The number of nitrogens with one attached hydrogen (secondary N) is 1. The molecule has 0 spiro atoms. The standard InChI is InChI=1S/C13H16Cl2N4O/c1-8-4-11(18-12(17-8)7-20-3)16-6-9-5-10(14)13(15)19(9)2/h4-5H,6-7H2,1-3H3,(H,16,17,18). The van der Waals surface area contributed by atoms with Crippen LogP contribution in [-0.4, -0.2) is 21.6 Å². The van der Waals surface area contributed by atoms with Crippen LogP contribution in [0.15, 0.2) is 12.1 Å². The average Bonchev–Trinajstić information content (AvgIpc) is 2.64. The lowest BCUT2D eigenvalue weighted by molar-refractivity contribution is 0.177. The van der Waals surface area contributed by atoms with Crippen LogP contribution in [0.3, 0.4) is 0 Å². The summed E-state index contributed by atoms with van der Waals surface area (Å²) in [5.74, 6) is 1.40. The highest BCUT2D eigenvalue weighted by Gasteiger charge is 2.09. The normalized spacial score (nSPS) is 10.8. The number of aromatic nitrogens is 3. The van der Waals surface area contributed by atoms with Crippen molar-refractivity contribution in [3.63, 3.8) is 0 Å². The SMILES string of the molecule is COCc1nc(C)cc(NCc2cc(Cl)c(Cl)n2C)n1. The molecule has 0 bridgehead atoms. The molecule has 2 aromatic rings. The molecule has 5 nitrogen and oxygen atoms in total. The predicted molar refractivity (Wildman–Crippen MR) is 80.2 cm³/mol. The molecule has 0 aromatic carbocycles. The van der Waals surface area contributed by atoms with E-state index >= 15 is 0 Å². The summed E-state index contributed by atoms with van der Waals surface area (Å²) < 4.78 is 6.88. The minimum Gasteiger partial charge on any atom is -0.377 e. The van der Waals surface area contributed by atoms with Gasteiger partial charge in [-0.3, -0.25) is 0 Å². The van der Waals surface area contributed by atoms with Crippen LogP contribution in [0.2, 0.25) is 10.2 Å². The van der Waals surface area contributed by atoms with Crippen molar-refractivity contribution in [3.05, 3.63) is 39.5 Å². The quantitative estimate of drug-likeness (QED) is 0.921. The molecule has 0 amide bonds. The van der Waals surface area contributed by atoms with Gasteiger partial charge in [-0.25, -0.2) is 9.97 Å². The van der Waals surface area contributed by atoms with Crippen molar-refractivity contribution in [1.82, 2.24) is 14.5 Å². The zero-order valence-corrected chi connectivity index (χ0v) is 13.1. The number of rotatable bonds is 5. The molecule has 7 heteroatoms. The molecule has 20 heavy (non-hydrogen) atoms. The van der Waals surface area contributed by atoms with E-state index in [1.54, 1.807) is 7.11 Å². The minimum atomic E-state index is 0.387. The van der Waals surface area contributed by atoms with Crippen molar-refractivity contribution in [2.45, 2.75) is 20.1 Å². The lowest BCUT2D eigenvalue weighted by Gasteiger charge is -2.09. The molecular weight excluding hydrogens is 299 g/mol. The minimum absolute atomic E-state index is 0.387.